The molecule has 0 aliphatic rings. The first-order valence-corrected chi connectivity index (χ1v) is 5.94. The molecule has 1 aromatic carbocycles. The van der Waals surface area contributed by atoms with Gasteiger partial charge in [-0.15, -0.1) is 0 Å². The first-order valence-electron chi connectivity index (χ1n) is 5.94. The fourth-order valence-electron chi connectivity index (χ4n) is 1.65. The van der Waals surface area contributed by atoms with Crippen LogP contribution < -0.4 is 16.6 Å². The lowest BCUT2D eigenvalue weighted by Gasteiger charge is -2.06. The number of H-pyrrole nitrogens is 1. The second-order valence-corrected chi connectivity index (χ2v) is 4.13. The van der Waals surface area contributed by atoms with Crippen LogP contribution in [0.4, 0.5) is 0 Å². The molecule has 0 aliphatic carbocycles. The average Bonchev–Trinajstić information content (AvgIpc) is 2.45. The molecule has 0 atom stereocenters. The molecular formula is C14H15N3O2. The van der Waals surface area contributed by atoms with Crippen molar-refractivity contribution in [1.82, 2.24) is 10.3 Å². The molecule has 1 heterocycles. The zero-order valence-corrected chi connectivity index (χ0v) is 10.3. The van der Waals surface area contributed by atoms with E-state index in [0.29, 0.717) is 13.1 Å². The molecule has 1 aromatic heterocycles. The van der Waals surface area contributed by atoms with Crippen molar-refractivity contribution in [3.63, 3.8) is 0 Å². The van der Waals surface area contributed by atoms with Crippen molar-refractivity contribution < 1.29 is 4.79 Å². The van der Waals surface area contributed by atoms with Crippen LogP contribution >= 0.6 is 0 Å². The highest BCUT2D eigenvalue weighted by atomic mass is 16.2. The molecule has 0 saturated carbocycles. The average molecular weight is 257 g/mol. The number of hydrogen-bond donors (Lipinski definition) is 3. The number of aromatic amines is 1. The van der Waals surface area contributed by atoms with E-state index in [-0.39, 0.29) is 17.2 Å². The Bertz CT molecular complexity index is 617. The Morgan fingerprint density at radius 1 is 1.11 bits per heavy atom. The van der Waals surface area contributed by atoms with Crippen molar-refractivity contribution in [2.45, 2.75) is 13.1 Å². The molecule has 2 aromatic rings. The third-order valence-corrected chi connectivity index (χ3v) is 2.72. The zero-order valence-electron chi connectivity index (χ0n) is 10.3. The number of rotatable bonds is 4. The summed E-state index contributed by atoms with van der Waals surface area (Å²) >= 11 is 0. The van der Waals surface area contributed by atoms with Crippen molar-refractivity contribution in [3.8, 4) is 0 Å². The standard InChI is InChI=1S/C14H15N3O2/c15-8-10-4-6-11(7-5-10)9-16-14(19)12-2-1-3-13(18)17-12/h1-7H,8-9,15H2,(H,16,19)(H,17,18). The molecular weight excluding hydrogens is 242 g/mol. The highest BCUT2D eigenvalue weighted by Crippen LogP contribution is 2.03. The van der Waals surface area contributed by atoms with Gasteiger partial charge in [0.15, 0.2) is 0 Å². The molecule has 0 radical (unpaired) electrons. The van der Waals surface area contributed by atoms with Crippen molar-refractivity contribution in [2.75, 3.05) is 0 Å². The molecule has 0 saturated heterocycles. The summed E-state index contributed by atoms with van der Waals surface area (Å²) in [5.41, 5.74) is 7.49. The fraction of sp³-hybridized carbons (Fsp3) is 0.143. The van der Waals surface area contributed by atoms with Gasteiger partial charge in [-0.1, -0.05) is 30.3 Å². The van der Waals surface area contributed by atoms with Gasteiger partial charge in [-0.3, -0.25) is 9.59 Å². The Kier molecular flexibility index (Phi) is 4.10. The van der Waals surface area contributed by atoms with Gasteiger partial charge in [-0.25, -0.2) is 0 Å². The van der Waals surface area contributed by atoms with Gasteiger partial charge in [-0.05, 0) is 17.2 Å². The summed E-state index contributed by atoms with van der Waals surface area (Å²) in [6, 6.07) is 12.1. The number of carbonyl (C=O) groups is 1. The first-order chi connectivity index (χ1) is 9.19. The molecule has 98 valence electrons. The lowest BCUT2D eigenvalue weighted by Crippen LogP contribution is -2.25. The fourth-order valence-corrected chi connectivity index (χ4v) is 1.65. The van der Waals surface area contributed by atoms with Crippen LogP contribution in [0.1, 0.15) is 21.6 Å². The predicted molar refractivity (Wildman–Crippen MR) is 72.6 cm³/mol. The van der Waals surface area contributed by atoms with Crippen LogP contribution in [0.2, 0.25) is 0 Å². The summed E-state index contributed by atoms with van der Waals surface area (Å²) in [6.07, 6.45) is 0. The molecule has 5 nitrogen and oxygen atoms in total. The monoisotopic (exact) mass is 257 g/mol. The summed E-state index contributed by atoms with van der Waals surface area (Å²) in [5, 5.41) is 2.74. The molecule has 4 N–H and O–H groups in total. The maximum absolute atomic E-state index is 11.8. The van der Waals surface area contributed by atoms with E-state index in [2.05, 4.69) is 10.3 Å². The molecule has 19 heavy (non-hydrogen) atoms. The van der Waals surface area contributed by atoms with Gasteiger partial charge in [0.2, 0.25) is 5.56 Å². The van der Waals surface area contributed by atoms with Crippen LogP contribution in [0.3, 0.4) is 0 Å². The largest absolute Gasteiger partial charge is 0.347 e. The van der Waals surface area contributed by atoms with E-state index < -0.39 is 0 Å². The number of benzene rings is 1. The lowest BCUT2D eigenvalue weighted by atomic mass is 10.1. The summed E-state index contributed by atoms with van der Waals surface area (Å²) < 4.78 is 0. The summed E-state index contributed by atoms with van der Waals surface area (Å²) in [4.78, 5) is 25.4. The SMILES string of the molecule is NCc1ccc(CNC(=O)c2cccc(=O)[nH]2)cc1. The number of hydrogen-bond acceptors (Lipinski definition) is 3. The quantitative estimate of drug-likeness (QED) is 0.755. The van der Waals surface area contributed by atoms with E-state index in [0.717, 1.165) is 11.1 Å². The third-order valence-electron chi connectivity index (χ3n) is 2.72. The molecule has 1 amide bonds. The number of amides is 1. The van der Waals surface area contributed by atoms with Gasteiger partial charge in [0.25, 0.3) is 5.91 Å². The van der Waals surface area contributed by atoms with Crippen LogP contribution in [-0.2, 0) is 13.1 Å². The highest BCUT2D eigenvalue weighted by molar-refractivity contribution is 5.92. The van der Waals surface area contributed by atoms with E-state index in [1.54, 1.807) is 12.1 Å². The van der Waals surface area contributed by atoms with Crippen molar-refractivity contribution in [1.29, 1.82) is 0 Å². The second-order valence-electron chi connectivity index (χ2n) is 4.13. The summed E-state index contributed by atoms with van der Waals surface area (Å²) in [5.74, 6) is -0.305. The van der Waals surface area contributed by atoms with Crippen molar-refractivity contribution >= 4 is 5.91 Å². The molecule has 0 fully saturated rings. The van der Waals surface area contributed by atoms with Gasteiger partial charge in [0.1, 0.15) is 5.69 Å². The minimum atomic E-state index is -0.305. The van der Waals surface area contributed by atoms with Gasteiger partial charge in [0, 0.05) is 19.2 Å². The smallest absolute Gasteiger partial charge is 0.268 e. The van der Waals surface area contributed by atoms with Crippen LogP contribution in [-0.4, -0.2) is 10.9 Å². The molecule has 2 rings (SSSR count). The van der Waals surface area contributed by atoms with Crippen molar-refractivity contribution in [3.05, 3.63) is 69.6 Å². The number of pyridine rings is 1. The molecule has 0 bridgehead atoms. The zero-order chi connectivity index (χ0) is 13.7. The van der Waals surface area contributed by atoms with Gasteiger partial charge in [-0.2, -0.15) is 0 Å². The lowest BCUT2D eigenvalue weighted by molar-refractivity contribution is 0.0945. The van der Waals surface area contributed by atoms with Gasteiger partial charge in [0.05, 0.1) is 0 Å². The Labute approximate surface area is 110 Å². The minimum Gasteiger partial charge on any atom is -0.347 e. The predicted octanol–water partition coefficient (Wildman–Crippen LogP) is 0.764. The van der Waals surface area contributed by atoms with Gasteiger partial charge < -0.3 is 16.0 Å². The van der Waals surface area contributed by atoms with E-state index in [1.165, 1.54) is 6.07 Å². The number of carbonyl (C=O) groups excluding carboxylic acids is 1. The minimum absolute atomic E-state index is 0.256. The van der Waals surface area contributed by atoms with Crippen LogP contribution in [0.25, 0.3) is 0 Å². The number of aromatic nitrogens is 1. The molecule has 0 spiro atoms. The van der Waals surface area contributed by atoms with E-state index in [1.807, 2.05) is 24.3 Å². The van der Waals surface area contributed by atoms with E-state index in [4.69, 9.17) is 5.73 Å². The first kappa shape index (κ1) is 13.0. The maximum atomic E-state index is 11.8. The maximum Gasteiger partial charge on any atom is 0.268 e. The molecule has 0 unspecified atom stereocenters. The van der Waals surface area contributed by atoms with Crippen molar-refractivity contribution in [2.24, 2.45) is 5.73 Å². The molecule has 0 aliphatic heterocycles. The molecule has 5 heteroatoms. The van der Waals surface area contributed by atoms with Crippen LogP contribution in [0.5, 0.6) is 0 Å². The Morgan fingerprint density at radius 3 is 2.42 bits per heavy atom. The normalized spacial score (nSPS) is 10.2. The summed E-state index contributed by atoms with van der Waals surface area (Å²) in [7, 11) is 0. The Balaban J connectivity index is 1.98. The van der Waals surface area contributed by atoms with Crippen LogP contribution in [0, 0.1) is 0 Å². The Hall–Kier alpha value is -2.40. The Morgan fingerprint density at radius 2 is 1.79 bits per heavy atom. The van der Waals surface area contributed by atoms with E-state index >= 15 is 0 Å². The topological polar surface area (TPSA) is 88.0 Å². The van der Waals surface area contributed by atoms with Crippen LogP contribution in [0.15, 0.2) is 47.3 Å². The second kappa shape index (κ2) is 5.97. The number of nitrogens with one attached hydrogen (secondary N) is 2. The number of nitrogens with two attached hydrogens (primary N) is 1. The van der Waals surface area contributed by atoms with Gasteiger partial charge >= 0.3 is 0 Å². The van der Waals surface area contributed by atoms with E-state index in [9.17, 15) is 9.59 Å². The third kappa shape index (κ3) is 3.53. The highest BCUT2D eigenvalue weighted by Gasteiger charge is 2.05. The summed E-state index contributed by atoms with van der Waals surface area (Å²) in [6.45, 7) is 0.901.